The van der Waals surface area contributed by atoms with Crippen molar-refractivity contribution >= 4 is 5.69 Å². The van der Waals surface area contributed by atoms with Crippen molar-refractivity contribution in [1.82, 2.24) is 5.32 Å². The normalized spacial score (nSPS) is 10.7. The van der Waals surface area contributed by atoms with Crippen molar-refractivity contribution in [2.75, 3.05) is 38.3 Å². The highest BCUT2D eigenvalue weighted by Crippen LogP contribution is 2.17. The van der Waals surface area contributed by atoms with Crippen LogP contribution in [-0.2, 0) is 11.3 Å². The summed E-state index contributed by atoms with van der Waals surface area (Å²) < 4.78 is 18.9. The second-order valence-corrected chi connectivity index (χ2v) is 4.61. The van der Waals surface area contributed by atoms with Gasteiger partial charge in [-0.15, -0.1) is 0 Å². The number of anilines is 1. The van der Waals surface area contributed by atoms with E-state index in [2.05, 4.69) is 12.2 Å². The molecule has 3 nitrogen and oxygen atoms in total. The molecule has 0 atom stereocenters. The van der Waals surface area contributed by atoms with Gasteiger partial charge >= 0.3 is 0 Å². The van der Waals surface area contributed by atoms with Crippen molar-refractivity contribution in [3.05, 3.63) is 29.6 Å². The Morgan fingerprint density at radius 2 is 2.05 bits per heavy atom. The fourth-order valence-electron chi connectivity index (χ4n) is 1.84. The van der Waals surface area contributed by atoms with E-state index in [0.29, 0.717) is 19.8 Å². The van der Waals surface area contributed by atoms with Gasteiger partial charge in [0.15, 0.2) is 0 Å². The van der Waals surface area contributed by atoms with Crippen LogP contribution in [0.4, 0.5) is 10.1 Å². The molecule has 1 rings (SSSR count). The number of likely N-dealkylation sites (N-methyl/N-ethyl adjacent to an activating group) is 1. The van der Waals surface area contributed by atoms with E-state index in [-0.39, 0.29) is 5.82 Å². The van der Waals surface area contributed by atoms with Crippen molar-refractivity contribution in [2.45, 2.75) is 26.8 Å². The van der Waals surface area contributed by atoms with E-state index < -0.39 is 0 Å². The SMILES string of the molecule is CCCNCc1cc(F)cc(N(C)CCOCC)c1. The summed E-state index contributed by atoms with van der Waals surface area (Å²) >= 11 is 0. The van der Waals surface area contributed by atoms with E-state index >= 15 is 0 Å². The third-order valence-corrected chi connectivity index (χ3v) is 2.91. The highest BCUT2D eigenvalue weighted by atomic mass is 19.1. The zero-order valence-electron chi connectivity index (χ0n) is 12.2. The quantitative estimate of drug-likeness (QED) is 0.697. The highest BCUT2D eigenvalue weighted by Gasteiger charge is 2.05. The van der Waals surface area contributed by atoms with E-state index in [1.54, 1.807) is 12.1 Å². The molecule has 0 fully saturated rings. The number of benzene rings is 1. The minimum Gasteiger partial charge on any atom is -0.380 e. The number of hydrogen-bond donors (Lipinski definition) is 1. The zero-order chi connectivity index (χ0) is 14.1. The zero-order valence-corrected chi connectivity index (χ0v) is 12.2. The molecule has 0 aliphatic heterocycles. The average Bonchev–Trinajstić information content (AvgIpc) is 2.38. The van der Waals surface area contributed by atoms with Crippen LogP contribution in [-0.4, -0.2) is 33.4 Å². The summed E-state index contributed by atoms with van der Waals surface area (Å²) in [6.45, 7) is 7.88. The average molecular weight is 268 g/mol. The lowest BCUT2D eigenvalue weighted by molar-refractivity contribution is 0.154. The van der Waals surface area contributed by atoms with Crippen molar-refractivity contribution < 1.29 is 9.13 Å². The number of nitrogens with one attached hydrogen (secondary N) is 1. The first kappa shape index (κ1) is 15.9. The molecule has 1 aromatic rings. The molecule has 108 valence electrons. The third-order valence-electron chi connectivity index (χ3n) is 2.91. The smallest absolute Gasteiger partial charge is 0.125 e. The lowest BCUT2D eigenvalue weighted by Gasteiger charge is -2.20. The van der Waals surface area contributed by atoms with E-state index in [1.165, 1.54) is 0 Å². The third kappa shape index (κ3) is 6.03. The molecule has 0 amide bonds. The van der Waals surface area contributed by atoms with Gasteiger partial charge in [0.05, 0.1) is 6.61 Å². The number of ether oxygens (including phenoxy) is 1. The van der Waals surface area contributed by atoms with E-state index in [9.17, 15) is 4.39 Å². The number of halogens is 1. The fraction of sp³-hybridized carbons (Fsp3) is 0.600. The maximum atomic E-state index is 13.6. The van der Waals surface area contributed by atoms with Gasteiger partial charge in [0, 0.05) is 32.4 Å². The molecule has 1 N–H and O–H groups in total. The summed E-state index contributed by atoms with van der Waals surface area (Å²) in [6, 6.07) is 5.18. The topological polar surface area (TPSA) is 24.5 Å². The van der Waals surface area contributed by atoms with Crippen LogP contribution < -0.4 is 10.2 Å². The standard InChI is InChI=1S/C15H25FN2O/c1-4-6-17-12-13-9-14(16)11-15(10-13)18(3)7-8-19-5-2/h9-11,17H,4-8,12H2,1-3H3. The van der Waals surface area contributed by atoms with E-state index in [1.807, 2.05) is 24.9 Å². The van der Waals surface area contributed by atoms with E-state index in [0.717, 1.165) is 30.8 Å². The molecule has 0 unspecified atom stereocenters. The molecule has 0 saturated heterocycles. The lowest BCUT2D eigenvalue weighted by atomic mass is 10.1. The first-order chi connectivity index (χ1) is 9.17. The minimum atomic E-state index is -0.186. The second kappa shape index (κ2) is 8.88. The van der Waals surface area contributed by atoms with Crippen LogP contribution in [0.25, 0.3) is 0 Å². The molecule has 0 heterocycles. The number of nitrogens with zero attached hydrogens (tertiary/aromatic N) is 1. The molecule has 19 heavy (non-hydrogen) atoms. The molecule has 0 aliphatic carbocycles. The predicted octanol–water partition coefficient (Wildman–Crippen LogP) is 2.80. The Labute approximate surface area is 115 Å². The van der Waals surface area contributed by atoms with Gasteiger partial charge in [-0.3, -0.25) is 0 Å². The molecule has 4 heteroatoms. The molecule has 0 aromatic heterocycles. The molecular weight excluding hydrogens is 243 g/mol. The van der Waals surface area contributed by atoms with Crippen LogP contribution in [0.1, 0.15) is 25.8 Å². The summed E-state index contributed by atoms with van der Waals surface area (Å²) in [6.07, 6.45) is 1.08. The Hall–Kier alpha value is -1.13. The monoisotopic (exact) mass is 268 g/mol. The number of rotatable bonds is 9. The lowest BCUT2D eigenvalue weighted by Crippen LogP contribution is -2.23. The summed E-state index contributed by atoms with van der Waals surface area (Å²) in [4.78, 5) is 2.02. The molecular formula is C15H25FN2O. The molecule has 1 aromatic carbocycles. The van der Waals surface area contributed by atoms with Crippen LogP contribution >= 0.6 is 0 Å². The van der Waals surface area contributed by atoms with Crippen molar-refractivity contribution in [3.8, 4) is 0 Å². The first-order valence-electron chi connectivity index (χ1n) is 6.96. The second-order valence-electron chi connectivity index (χ2n) is 4.61. The Morgan fingerprint density at radius 1 is 1.26 bits per heavy atom. The van der Waals surface area contributed by atoms with E-state index in [4.69, 9.17) is 4.74 Å². The van der Waals surface area contributed by atoms with Gasteiger partial charge in [-0.25, -0.2) is 4.39 Å². The summed E-state index contributed by atoms with van der Waals surface area (Å²) in [5.74, 6) is -0.186. The summed E-state index contributed by atoms with van der Waals surface area (Å²) in [5.41, 5.74) is 1.87. The maximum absolute atomic E-state index is 13.6. The van der Waals surface area contributed by atoms with Gasteiger partial charge < -0.3 is 15.0 Å². The van der Waals surface area contributed by atoms with Crippen molar-refractivity contribution in [3.63, 3.8) is 0 Å². The molecule has 0 saturated carbocycles. The molecule has 0 radical (unpaired) electrons. The fourth-order valence-corrected chi connectivity index (χ4v) is 1.84. The van der Waals surface area contributed by atoms with Gasteiger partial charge in [0.1, 0.15) is 5.82 Å². The van der Waals surface area contributed by atoms with Crippen molar-refractivity contribution in [2.24, 2.45) is 0 Å². The van der Waals surface area contributed by atoms with Gasteiger partial charge in [-0.1, -0.05) is 6.92 Å². The van der Waals surface area contributed by atoms with Crippen LogP contribution in [0.2, 0.25) is 0 Å². The van der Waals surface area contributed by atoms with Crippen LogP contribution in [0.15, 0.2) is 18.2 Å². The van der Waals surface area contributed by atoms with Gasteiger partial charge in [-0.2, -0.15) is 0 Å². The maximum Gasteiger partial charge on any atom is 0.125 e. The highest BCUT2D eigenvalue weighted by molar-refractivity contribution is 5.48. The van der Waals surface area contributed by atoms with Crippen LogP contribution in [0, 0.1) is 5.82 Å². The Kier molecular flexibility index (Phi) is 7.45. The van der Waals surface area contributed by atoms with Gasteiger partial charge in [0.25, 0.3) is 0 Å². The molecule has 0 bridgehead atoms. The molecule has 0 aliphatic rings. The van der Waals surface area contributed by atoms with Crippen LogP contribution in [0.5, 0.6) is 0 Å². The first-order valence-corrected chi connectivity index (χ1v) is 6.96. The Morgan fingerprint density at radius 3 is 2.74 bits per heavy atom. The molecule has 0 spiro atoms. The largest absolute Gasteiger partial charge is 0.380 e. The Bertz CT molecular complexity index is 371. The predicted molar refractivity (Wildman–Crippen MR) is 78.2 cm³/mol. The van der Waals surface area contributed by atoms with Gasteiger partial charge in [-0.05, 0) is 43.7 Å². The Balaban J connectivity index is 2.61. The minimum absolute atomic E-state index is 0.186. The van der Waals surface area contributed by atoms with Crippen molar-refractivity contribution in [1.29, 1.82) is 0 Å². The number of hydrogen-bond acceptors (Lipinski definition) is 3. The summed E-state index contributed by atoms with van der Waals surface area (Å²) in [5, 5.41) is 3.29. The van der Waals surface area contributed by atoms with Gasteiger partial charge in [0.2, 0.25) is 0 Å². The van der Waals surface area contributed by atoms with Crippen LogP contribution in [0.3, 0.4) is 0 Å². The summed E-state index contributed by atoms with van der Waals surface area (Å²) in [7, 11) is 1.96.